The van der Waals surface area contributed by atoms with E-state index in [1.807, 2.05) is 35.2 Å². The number of hydrogen-bond acceptors (Lipinski definition) is 4. The molecule has 1 saturated carbocycles. The molecule has 1 aromatic carbocycles. The molecular weight excluding hydrogens is 268 g/mol. The van der Waals surface area contributed by atoms with Gasteiger partial charge in [0.1, 0.15) is 6.04 Å². The molecule has 3 rings (SSSR count). The normalized spacial score (nSPS) is 22.8. The van der Waals surface area contributed by atoms with Crippen molar-refractivity contribution in [2.75, 3.05) is 26.3 Å². The highest BCUT2D eigenvalue weighted by Crippen LogP contribution is 2.19. The van der Waals surface area contributed by atoms with Crippen LogP contribution in [0.25, 0.3) is 0 Å². The lowest BCUT2D eigenvalue weighted by atomic mass is 10.1. The molecule has 1 N–H and O–H groups in total. The van der Waals surface area contributed by atoms with E-state index in [1.165, 1.54) is 0 Å². The van der Waals surface area contributed by atoms with E-state index in [9.17, 15) is 9.59 Å². The standard InChI is InChI=1S/C16H20N2O3/c19-15(12-4-2-1-3-5-12)10-18-8-9-21-11-14(18)16(20)17-13-6-7-13/h1-5,13-14H,6-11H2,(H,17,20). The monoisotopic (exact) mass is 288 g/mol. The Hall–Kier alpha value is -1.72. The van der Waals surface area contributed by atoms with E-state index in [4.69, 9.17) is 4.74 Å². The molecular formula is C16H20N2O3. The molecule has 5 nitrogen and oxygen atoms in total. The van der Waals surface area contributed by atoms with Crippen LogP contribution in [0.2, 0.25) is 0 Å². The summed E-state index contributed by atoms with van der Waals surface area (Å²) in [7, 11) is 0. The summed E-state index contributed by atoms with van der Waals surface area (Å²) in [5.41, 5.74) is 0.686. The molecule has 0 spiro atoms. The molecule has 1 aromatic rings. The lowest BCUT2D eigenvalue weighted by Crippen LogP contribution is -2.55. The number of nitrogens with zero attached hydrogens (tertiary/aromatic N) is 1. The number of rotatable bonds is 5. The number of ether oxygens (including phenoxy) is 1. The van der Waals surface area contributed by atoms with Crippen LogP contribution in [-0.2, 0) is 9.53 Å². The second kappa shape index (κ2) is 6.37. The Bertz CT molecular complexity index is 514. The highest BCUT2D eigenvalue weighted by molar-refractivity contribution is 5.98. The van der Waals surface area contributed by atoms with Gasteiger partial charge in [-0.1, -0.05) is 30.3 Å². The Balaban J connectivity index is 1.63. The Labute approximate surface area is 124 Å². The van der Waals surface area contributed by atoms with Crippen molar-refractivity contribution in [3.05, 3.63) is 35.9 Å². The van der Waals surface area contributed by atoms with Gasteiger partial charge >= 0.3 is 0 Å². The summed E-state index contributed by atoms with van der Waals surface area (Å²) in [6.45, 7) is 1.80. The largest absolute Gasteiger partial charge is 0.378 e. The van der Waals surface area contributed by atoms with Crippen molar-refractivity contribution in [1.82, 2.24) is 10.2 Å². The van der Waals surface area contributed by atoms with Gasteiger partial charge in [-0.15, -0.1) is 0 Å². The van der Waals surface area contributed by atoms with Gasteiger partial charge in [0, 0.05) is 18.2 Å². The maximum absolute atomic E-state index is 12.3. The molecule has 5 heteroatoms. The molecule has 1 amide bonds. The SMILES string of the molecule is O=C(CN1CCOCC1C(=O)NC1CC1)c1ccccc1. The second-order valence-electron chi connectivity index (χ2n) is 5.63. The first-order valence-corrected chi connectivity index (χ1v) is 7.44. The maximum Gasteiger partial charge on any atom is 0.239 e. The third-order valence-electron chi connectivity index (χ3n) is 3.91. The van der Waals surface area contributed by atoms with Crippen molar-refractivity contribution in [3.63, 3.8) is 0 Å². The Morgan fingerprint density at radius 1 is 1.24 bits per heavy atom. The van der Waals surface area contributed by atoms with E-state index in [0.717, 1.165) is 12.8 Å². The van der Waals surface area contributed by atoms with E-state index in [2.05, 4.69) is 5.32 Å². The van der Waals surface area contributed by atoms with Crippen molar-refractivity contribution < 1.29 is 14.3 Å². The van der Waals surface area contributed by atoms with Gasteiger partial charge in [-0.05, 0) is 12.8 Å². The summed E-state index contributed by atoms with van der Waals surface area (Å²) in [6.07, 6.45) is 2.12. The zero-order chi connectivity index (χ0) is 14.7. The minimum absolute atomic E-state index is 0.0157. The third kappa shape index (κ3) is 3.68. The van der Waals surface area contributed by atoms with Crippen molar-refractivity contribution in [2.24, 2.45) is 0 Å². The molecule has 0 aromatic heterocycles. The molecule has 2 fully saturated rings. The maximum atomic E-state index is 12.3. The average molecular weight is 288 g/mol. The van der Waals surface area contributed by atoms with Crippen LogP contribution in [0.3, 0.4) is 0 Å². The van der Waals surface area contributed by atoms with Crippen molar-refractivity contribution in [1.29, 1.82) is 0 Å². The fourth-order valence-electron chi connectivity index (χ4n) is 2.49. The van der Waals surface area contributed by atoms with Crippen LogP contribution >= 0.6 is 0 Å². The highest BCUT2D eigenvalue weighted by Gasteiger charge is 2.33. The van der Waals surface area contributed by atoms with Crippen LogP contribution in [0.1, 0.15) is 23.2 Å². The van der Waals surface area contributed by atoms with Crippen molar-refractivity contribution >= 4 is 11.7 Å². The summed E-state index contributed by atoms with van der Waals surface area (Å²) in [6, 6.07) is 9.17. The number of amides is 1. The van der Waals surface area contributed by atoms with Gasteiger partial charge in [0.15, 0.2) is 5.78 Å². The molecule has 2 aliphatic rings. The predicted molar refractivity (Wildman–Crippen MR) is 78.1 cm³/mol. The Morgan fingerprint density at radius 3 is 2.71 bits per heavy atom. The number of benzene rings is 1. The molecule has 0 radical (unpaired) electrons. The van der Waals surface area contributed by atoms with Crippen LogP contribution in [0.15, 0.2) is 30.3 Å². The molecule has 1 saturated heterocycles. The van der Waals surface area contributed by atoms with E-state index < -0.39 is 0 Å². The fourth-order valence-corrected chi connectivity index (χ4v) is 2.49. The summed E-state index contributed by atoms with van der Waals surface area (Å²) in [4.78, 5) is 26.5. The van der Waals surface area contributed by atoms with Gasteiger partial charge < -0.3 is 10.1 Å². The summed E-state index contributed by atoms with van der Waals surface area (Å²) in [5.74, 6) is 0.0276. The van der Waals surface area contributed by atoms with Gasteiger partial charge in [0.25, 0.3) is 0 Å². The Morgan fingerprint density at radius 2 is 2.00 bits per heavy atom. The quantitative estimate of drug-likeness (QED) is 0.816. The molecule has 1 unspecified atom stereocenters. The van der Waals surface area contributed by atoms with Crippen LogP contribution in [0, 0.1) is 0 Å². The number of hydrogen-bond donors (Lipinski definition) is 1. The van der Waals surface area contributed by atoms with Gasteiger partial charge in [0.2, 0.25) is 5.91 Å². The molecule has 1 aliphatic heterocycles. The van der Waals surface area contributed by atoms with Gasteiger partial charge in [-0.2, -0.15) is 0 Å². The molecule has 1 atom stereocenters. The van der Waals surface area contributed by atoms with Crippen LogP contribution in [-0.4, -0.2) is 55.0 Å². The van der Waals surface area contributed by atoms with E-state index in [-0.39, 0.29) is 24.3 Å². The number of morpholine rings is 1. The van der Waals surface area contributed by atoms with Gasteiger partial charge in [-0.3, -0.25) is 14.5 Å². The lowest BCUT2D eigenvalue weighted by molar-refractivity contribution is -0.132. The molecule has 21 heavy (non-hydrogen) atoms. The molecule has 112 valence electrons. The van der Waals surface area contributed by atoms with E-state index in [1.54, 1.807) is 0 Å². The second-order valence-corrected chi connectivity index (χ2v) is 5.63. The van der Waals surface area contributed by atoms with Gasteiger partial charge in [-0.25, -0.2) is 0 Å². The van der Waals surface area contributed by atoms with Crippen molar-refractivity contribution in [2.45, 2.75) is 24.9 Å². The van der Waals surface area contributed by atoms with E-state index in [0.29, 0.717) is 31.4 Å². The first-order valence-electron chi connectivity index (χ1n) is 7.44. The lowest BCUT2D eigenvalue weighted by Gasteiger charge is -2.34. The third-order valence-corrected chi connectivity index (χ3v) is 3.91. The number of carbonyl (C=O) groups is 2. The number of carbonyl (C=O) groups excluding carboxylic acids is 2. The molecule has 1 heterocycles. The topological polar surface area (TPSA) is 58.6 Å². The predicted octanol–water partition coefficient (Wildman–Crippen LogP) is 0.849. The van der Waals surface area contributed by atoms with Crippen molar-refractivity contribution in [3.8, 4) is 0 Å². The first kappa shape index (κ1) is 14.2. The number of Topliss-reactive ketones (excluding diaryl/α,β-unsaturated/α-hetero) is 1. The summed E-state index contributed by atoms with van der Waals surface area (Å²) >= 11 is 0. The van der Waals surface area contributed by atoms with Crippen LogP contribution in [0.4, 0.5) is 0 Å². The first-order chi connectivity index (χ1) is 10.2. The number of nitrogens with one attached hydrogen (secondary N) is 1. The van der Waals surface area contributed by atoms with Gasteiger partial charge in [0.05, 0.1) is 19.8 Å². The summed E-state index contributed by atoms with van der Waals surface area (Å²) < 4.78 is 5.41. The van der Waals surface area contributed by atoms with Crippen LogP contribution in [0.5, 0.6) is 0 Å². The number of ketones is 1. The Kier molecular flexibility index (Phi) is 4.31. The van der Waals surface area contributed by atoms with E-state index >= 15 is 0 Å². The highest BCUT2D eigenvalue weighted by atomic mass is 16.5. The van der Waals surface area contributed by atoms with Crippen LogP contribution < -0.4 is 5.32 Å². The minimum Gasteiger partial charge on any atom is -0.378 e. The zero-order valence-electron chi connectivity index (χ0n) is 12.0. The molecule has 1 aliphatic carbocycles. The summed E-state index contributed by atoms with van der Waals surface area (Å²) in [5, 5.41) is 2.99. The zero-order valence-corrected chi connectivity index (χ0v) is 12.0. The minimum atomic E-state index is -0.355. The average Bonchev–Trinajstić information content (AvgIpc) is 3.32. The molecule has 0 bridgehead atoms. The fraction of sp³-hybridized carbons (Fsp3) is 0.500. The smallest absolute Gasteiger partial charge is 0.239 e.